The molecule has 0 N–H and O–H groups in total. The third-order valence-corrected chi connectivity index (χ3v) is 8.65. The highest BCUT2D eigenvalue weighted by atomic mass is 28.3. The third kappa shape index (κ3) is 2.43. The molecule has 0 aromatic rings. The summed E-state index contributed by atoms with van der Waals surface area (Å²) in [5.74, 6) is 0. The molecule has 0 atom stereocenters. The molecule has 0 aliphatic heterocycles. The van der Waals surface area contributed by atoms with Crippen molar-refractivity contribution < 1.29 is 5.11 Å². The van der Waals surface area contributed by atoms with Gasteiger partial charge in [0, 0.05) is 0 Å². The maximum atomic E-state index is 10.5. The highest BCUT2D eigenvalue weighted by molar-refractivity contribution is 6.79. The molecule has 0 aliphatic carbocycles. The van der Waals surface area contributed by atoms with E-state index in [2.05, 4.69) is 20.8 Å². The SMILES string of the molecule is CC[Si](CC)(CC)CC[O]. The minimum atomic E-state index is -1.03. The quantitative estimate of drug-likeness (QED) is 0.550. The van der Waals surface area contributed by atoms with Crippen LogP contribution in [0.15, 0.2) is 0 Å². The van der Waals surface area contributed by atoms with Gasteiger partial charge in [0.25, 0.3) is 0 Å². The summed E-state index contributed by atoms with van der Waals surface area (Å²) in [7, 11) is -1.03. The van der Waals surface area contributed by atoms with Crippen molar-refractivity contribution in [1.82, 2.24) is 0 Å². The lowest BCUT2D eigenvalue weighted by atomic mass is 10.8. The zero-order valence-electron chi connectivity index (χ0n) is 7.44. The molecule has 0 aromatic heterocycles. The summed E-state index contributed by atoms with van der Waals surface area (Å²) in [5.41, 5.74) is 0. The van der Waals surface area contributed by atoms with Crippen LogP contribution in [0.25, 0.3) is 0 Å². The Labute approximate surface area is 65.5 Å². The number of rotatable bonds is 5. The van der Waals surface area contributed by atoms with Crippen molar-refractivity contribution in [3.05, 3.63) is 0 Å². The molecule has 1 radical (unpaired) electrons. The summed E-state index contributed by atoms with van der Waals surface area (Å²) < 4.78 is 0. The molecule has 0 aromatic carbocycles. The predicted octanol–water partition coefficient (Wildman–Crippen LogP) is 2.93. The highest BCUT2D eigenvalue weighted by Crippen LogP contribution is 2.24. The van der Waals surface area contributed by atoms with Crippen molar-refractivity contribution in [3.8, 4) is 0 Å². The molecule has 2 heteroatoms. The third-order valence-electron chi connectivity index (χ3n) is 2.88. The smallest absolute Gasteiger partial charge is 0.0799 e. The van der Waals surface area contributed by atoms with Crippen LogP contribution >= 0.6 is 0 Å². The second kappa shape index (κ2) is 4.91. The van der Waals surface area contributed by atoms with E-state index in [0.717, 1.165) is 6.04 Å². The first kappa shape index (κ1) is 10.2. The van der Waals surface area contributed by atoms with Crippen LogP contribution < -0.4 is 0 Å². The topological polar surface area (TPSA) is 19.9 Å². The molecule has 0 bridgehead atoms. The van der Waals surface area contributed by atoms with Crippen LogP contribution in [0.3, 0.4) is 0 Å². The van der Waals surface area contributed by atoms with Gasteiger partial charge < -0.3 is 0 Å². The van der Waals surface area contributed by atoms with Crippen LogP contribution in [0, 0.1) is 0 Å². The second-order valence-corrected chi connectivity index (χ2v) is 8.64. The van der Waals surface area contributed by atoms with Crippen LogP contribution in [0.4, 0.5) is 0 Å². The molecule has 0 saturated heterocycles. The Balaban J connectivity index is 3.87. The molecular weight excluding hydrogens is 140 g/mol. The average molecular weight is 159 g/mol. The van der Waals surface area contributed by atoms with Crippen LogP contribution in [-0.2, 0) is 5.11 Å². The molecule has 0 amide bonds. The second-order valence-electron chi connectivity index (χ2n) is 3.01. The molecule has 0 rings (SSSR count). The zero-order valence-corrected chi connectivity index (χ0v) is 8.44. The van der Waals surface area contributed by atoms with E-state index in [9.17, 15) is 5.11 Å². The maximum absolute atomic E-state index is 10.5. The summed E-state index contributed by atoms with van der Waals surface area (Å²) in [6.45, 7) is 6.89. The van der Waals surface area contributed by atoms with Crippen LogP contribution in [0.2, 0.25) is 24.2 Å². The first-order valence-electron chi connectivity index (χ1n) is 4.32. The van der Waals surface area contributed by atoms with Crippen molar-refractivity contribution in [2.75, 3.05) is 6.61 Å². The predicted molar refractivity (Wildman–Crippen MR) is 47.6 cm³/mol. The fourth-order valence-corrected chi connectivity index (χ4v) is 4.49. The van der Waals surface area contributed by atoms with Crippen molar-refractivity contribution in [2.45, 2.75) is 44.9 Å². The first-order chi connectivity index (χ1) is 4.74. The molecule has 0 unspecified atom stereocenters. The van der Waals surface area contributed by atoms with Crippen molar-refractivity contribution in [2.24, 2.45) is 0 Å². The summed E-state index contributed by atoms with van der Waals surface area (Å²) in [4.78, 5) is 0. The van der Waals surface area contributed by atoms with E-state index >= 15 is 0 Å². The molecule has 61 valence electrons. The average Bonchev–Trinajstić information content (AvgIpc) is 2.01. The minimum Gasteiger partial charge on any atom is -0.237 e. The van der Waals surface area contributed by atoms with Crippen molar-refractivity contribution >= 4 is 8.07 Å². The van der Waals surface area contributed by atoms with Gasteiger partial charge in [0.2, 0.25) is 0 Å². The van der Waals surface area contributed by atoms with Gasteiger partial charge in [-0.3, -0.25) is 0 Å². The lowest BCUT2D eigenvalue weighted by molar-refractivity contribution is 0.210. The van der Waals surface area contributed by atoms with Gasteiger partial charge in [0.1, 0.15) is 0 Å². The van der Waals surface area contributed by atoms with Crippen molar-refractivity contribution in [1.29, 1.82) is 0 Å². The first-order valence-corrected chi connectivity index (χ1v) is 7.15. The zero-order chi connectivity index (χ0) is 8.04. The van der Waals surface area contributed by atoms with E-state index < -0.39 is 8.07 Å². The fraction of sp³-hybridized carbons (Fsp3) is 1.00. The van der Waals surface area contributed by atoms with Gasteiger partial charge in [-0.05, 0) is 6.04 Å². The van der Waals surface area contributed by atoms with Gasteiger partial charge >= 0.3 is 0 Å². The summed E-state index contributed by atoms with van der Waals surface area (Å²) in [6.07, 6.45) is 0. The Morgan fingerprint density at radius 2 is 1.40 bits per heavy atom. The van der Waals surface area contributed by atoms with E-state index in [0.29, 0.717) is 0 Å². The Morgan fingerprint density at radius 1 is 1.00 bits per heavy atom. The minimum absolute atomic E-state index is 0.155. The Hall–Kier alpha value is 0.177. The number of hydrogen-bond acceptors (Lipinski definition) is 0. The van der Waals surface area contributed by atoms with Crippen LogP contribution in [-0.4, -0.2) is 14.7 Å². The summed E-state index contributed by atoms with van der Waals surface area (Å²) in [6, 6.07) is 4.88. The van der Waals surface area contributed by atoms with Crippen molar-refractivity contribution in [3.63, 3.8) is 0 Å². The monoisotopic (exact) mass is 159 g/mol. The highest BCUT2D eigenvalue weighted by Gasteiger charge is 2.25. The maximum Gasteiger partial charge on any atom is 0.0799 e. The lowest BCUT2D eigenvalue weighted by Crippen LogP contribution is -2.31. The van der Waals surface area contributed by atoms with Crippen LogP contribution in [0.5, 0.6) is 0 Å². The summed E-state index contributed by atoms with van der Waals surface area (Å²) >= 11 is 0. The molecule has 0 heterocycles. The molecule has 0 fully saturated rings. The standard InChI is InChI=1S/C8H19OSi/c1-4-10(5-2,6-3)8-7-9/h4-8H2,1-3H3. The van der Waals surface area contributed by atoms with E-state index in [-0.39, 0.29) is 6.61 Å². The van der Waals surface area contributed by atoms with E-state index in [1.54, 1.807) is 0 Å². The number of hydrogen-bond donors (Lipinski definition) is 0. The lowest BCUT2D eigenvalue weighted by Gasteiger charge is -2.26. The van der Waals surface area contributed by atoms with Crippen LogP contribution in [0.1, 0.15) is 20.8 Å². The van der Waals surface area contributed by atoms with Gasteiger partial charge in [0.05, 0.1) is 14.7 Å². The fourth-order valence-electron chi connectivity index (χ4n) is 1.50. The van der Waals surface area contributed by atoms with Gasteiger partial charge in [-0.2, -0.15) is 0 Å². The molecule has 0 spiro atoms. The van der Waals surface area contributed by atoms with E-state index in [1.807, 2.05) is 0 Å². The Morgan fingerprint density at radius 3 is 1.50 bits per heavy atom. The molecular formula is C8H19OSi. The van der Waals surface area contributed by atoms with E-state index in [4.69, 9.17) is 0 Å². The largest absolute Gasteiger partial charge is 0.237 e. The normalized spacial score (nSPS) is 12.0. The molecule has 0 aliphatic rings. The van der Waals surface area contributed by atoms with Gasteiger partial charge in [-0.25, -0.2) is 5.11 Å². The Bertz CT molecular complexity index is 71.1. The Kier molecular flexibility index (Phi) is 5.00. The van der Waals surface area contributed by atoms with Gasteiger partial charge in [-0.1, -0.05) is 38.9 Å². The molecule has 0 saturated carbocycles. The summed E-state index contributed by atoms with van der Waals surface area (Å²) in [5, 5.41) is 10.5. The van der Waals surface area contributed by atoms with Gasteiger partial charge in [-0.15, -0.1) is 0 Å². The molecule has 10 heavy (non-hydrogen) atoms. The van der Waals surface area contributed by atoms with Gasteiger partial charge in [0.15, 0.2) is 0 Å². The van der Waals surface area contributed by atoms with E-state index in [1.165, 1.54) is 18.1 Å². The molecule has 1 nitrogen and oxygen atoms in total.